The summed E-state index contributed by atoms with van der Waals surface area (Å²) in [4.78, 5) is -0.691. The van der Waals surface area contributed by atoms with Gasteiger partial charge in [0, 0.05) is 13.2 Å². The fourth-order valence-corrected chi connectivity index (χ4v) is 2.83. The fourth-order valence-electron chi connectivity index (χ4n) is 1.55. The maximum Gasteiger partial charge on any atom is 0.243 e. The van der Waals surface area contributed by atoms with Crippen LogP contribution < -0.4 is 10.5 Å². The van der Waals surface area contributed by atoms with Crippen molar-refractivity contribution in [3.63, 3.8) is 0 Å². The van der Waals surface area contributed by atoms with Gasteiger partial charge in [-0.1, -0.05) is 0 Å². The van der Waals surface area contributed by atoms with Crippen molar-refractivity contribution in [3.05, 3.63) is 23.8 Å². The molecule has 0 aliphatic rings. The normalized spacial score (nSPS) is 12.7. The predicted molar refractivity (Wildman–Crippen MR) is 71.7 cm³/mol. The fraction of sp³-hybridized carbons (Fsp3) is 0.500. The first-order valence-corrected chi connectivity index (χ1v) is 7.46. The predicted octanol–water partition coefficient (Wildman–Crippen LogP) is 1.64. The van der Waals surface area contributed by atoms with Crippen molar-refractivity contribution in [1.82, 2.24) is 4.72 Å². The van der Waals surface area contributed by atoms with Gasteiger partial charge in [-0.3, -0.25) is 0 Å². The van der Waals surface area contributed by atoms with Gasteiger partial charge in [-0.2, -0.15) is 0 Å². The van der Waals surface area contributed by atoms with Crippen molar-refractivity contribution < 1.29 is 21.9 Å². The van der Waals surface area contributed by atoms with Crippen molar-refractivity contribution in [1.29, 1.82) is 0 Å². The number of nitrogens with two attached hydrogens (primary N) is 1. The second-order valence-corrected chi connectivity index (χ2v) is 6.53. The molecule has 20 heavy (non-hydrogen) atoms. The molecule has 0 saturated heterocycles. The standard InChI is InChI=1S/C12H18F2N2O3S/c1-4-19-12(2,3)7-16-20(17,18)9-6-5-8(13)11(15)10(9)14/h5-6,16H,4,7,15H2,1-3H3. The van der Waals surface area contributed by atoms with Crippen LogP contribution in [-0.4, -0.2) is 27.2 Å². The average Bonchev–Trinajstić information content (AvgIpc) is 2.34. The molecule has 0 aliphatic carbocycles. The third-order valence-electron chi connectivity index (χ3n) is 2.60. The molecule has 0 bridgehead atoms. The number of anilines is 1. The highest BCUT2D eigenvalue weighted by atomic mass is 32.2. The number of benzene rings is 1. The summed E-state index contributed by atoms with van der Waals surface area (Å²) in [7, 11) is -4.13. The Hall–Kier alpha value is -1.25. The van der Waals surface area contributed by atoms with Gasteiger partial charge in [0.25, 0.3) is 0 Å². The number of halogens is 2. The Kier molecular flexibility index (Phi) is 5.06. The summed E-state index contributed by atoms with van der Waals surface area (Å²) < 4.78 is 58.2. The molecule has 1 aromatic rings. The van der Waals surface area contributed by atoms with Gasteiger partial charge in [0.2, 0.25) is 10.0 Å². The summed E-state index contributed by atoms with van der Waals surface area (Å²) >= 11 is 0. The van der Waals surface area contributed by atoms with Crippen LogP contribution in [0.3, 0.4) is 0 Å². The molecule has 0 spiro atoms. The third kappa shape index (κ3) is 3.87. The highest BCUT2D eigenvalue weighted by Gasteiger charge is 2.26. The molecule has 0 amide bonds. The number of nitrogen functional groups attached to an aromatic ring is 1. The maximum atomic E-state index is 13.7. The topological polar surface area (TPSA) is 81.4 Å². The minimum atomic E-state index is -4.13. The Morgan fingerprint density at radius 2 is 1.95 bits per heavy atom. The Bertz CT molecular complexity index is 589. The van der Waals surface area contributed by atoms with Gasteiger partial charge in [0.1, 0.15) is 16.4 Å². The van der Waals surface area contributed by atoms with Crippen LogP contribution in [-0.2, 0) is 14.8 Å². The molecular formula is C12H18F2N2O3S. The quantitative estimate of drug-likeness (QED) is 0.783. The van der Waals surface area contributed by atoms with Crippen LogP contribution in [0, 0.1) is 11.6 Å². The molecule has 0 saturated carbocycles. The minimum Gasteiger partial charge on any atom is -0.394 e. The Labute approximate surface area is 117 Å². The second-order valence-electron chi connectivity index (χ2n) is 4.79. The molecule has 1 aromatic carbocycles. The van der Waals surface area contributed by atoms with E-state index in [9.17, 15) is 17.2 Å². The molecule has 1 rings (SSSR count). The van der Waals surface area contributed by atoms with E-state index in [1.807, 2.05) is 0 Å². The summed E-state index contributed by atoms with van der Waals surface area (Å²) in [5, 5.41) is 0. The smallest absolute Gasteiger partial charge is 0.243 e. The number of ether oxygens (including phenoxy) is 1. The molecule has 3 N–H and O–H groups in total. The van der Waals surface area contributed by atoms with Crippen LogP contribution in [0.25, 0.3) is 0 Å². The van der Waals surface area contributed by atoms with E-state index in [4.69, 9.17) is 10.5 Å². The monoisotopic (exact) mass is 308 g/mol. The van der Waals surface area contributed by atoms with E-state index in [0.717, 1.165) is 12.1 Å². The first kappa shape index (κ1) is 16.8. The molecule has 0 heterocycles. The molecule has 0 aromatic heterocycles. The maximum absolute atomic E-state index is 13.7. The van der Waals surface area contributed by atoms with Gasteiger partial charge in [-0.05, 0) is 32.9 Å². The Morgan fingerprint density at radius 3 is 2.50 bits per heavy atom. The van der Waals surface area contributed by atoms with E-state index in [1.165, 1.54) is 0 Å². The van der Waals surface area contributed by atoms with E-state index in [-0.39, 0.29) is 6.54 Å². The van der Waals surface area contributed by atoms with Crippen LogP contribution in [0.4, 0.5) is 14.5 Å². The zero-order valence-electron chi connectivity index (χ0n) is 11.5. The van der Waals surface area contributed by atoms with E-state index >= 15 is 0 Å². The molecule has 0 fully saturated rings. The van der Waals surface area contributed by atoms with Gasteiger partial charge in [-0.25, -0.2) is 21.9 Å². The minimum absolute atomic E-state index is 0.0557. The van der Waals surface area contributed by atoms with Crippen molar-refractivity contribution in [2.75, 3.05) is 18.9 Å². The first-order chi connectivity index (χ1) is 9.10. The van der Waals surface area contributed by atoms with E-state index in [0.29, 0.717) is 6.61 Å². The number of hydrogen-bond acceptors (Lipinski definition) is 4. The van der Waals surface area contributed by atoms with Crippen LogP contribution in [0.15, 0.2) is 17.0 Å². The Balaban J connectivity index is 2.99. The summed E-state index contributed by atoms with van der Waals surface area (Å²) in [6.07, 6.45) is 0. The third-order valence-corrected chi connectivity index (χ3v) is 4.02. The van der Waals surface area contributed by atoms with E-state index in [1.54, 1.807) is 20.8 Å². The first-order valence-electron chi connectivity index (χ1n) is 5.98. The lowest BCUT2D eigenvalue weighted by Crippen LogP contribution is -2.40. The second kappa shape index (κ2) is 6.02. The van der Waals surface area contributed by atoms with Crippen LogP contribution in [0.2, 0.25) is 0 Å². The SMILES string of the molecule is CCOC(C)(C)CNS(=O)(=O)c1ccc(F)c(N)c1F. The van der Waals surface area contributed by atoms with Gasteiger partial charge in [0.15, 0.2) is 5.82 Å². The lowest BCUT2D eigenvalue weighted by molar-refractivity contribution is -0.00516. The van der Waals surface area contributed by atoms with Gasteiger partial charge < -0.3 is 10.5 Å². The zero-order chi connectivity index (χ0) is 15.6. The molecule has 0 radical (unpaired) electrons. The number of hydrogen-bond donors (Lipinski definition) is 2. The molecule has 114 valence electrons. The van der Waals surface area contributed by atoms with Crippen LogP contribution >= 0.6 is 0 Å². The summed E-state index contributed by atoms with van der Waals surface area (Å²) in [6.45, 7) is 5.51. The Morgan fingerprint density at radius 1 is 1.35 bits per heavy atom. The highest BCUT2D eigenvalue weighted by Crippen LogP contribution is 2.22. The van der Waals surface area contributed by atoms with Gasteiger partial charge >= 0.3 is 0 Å². The summed E-state index contributed by atoms with van der Waals surface area (Å²) in [5.41, 5.74) is 3.57. The molecule has 0 aliphatic heterocycles. The molecule has 0 unspecified atom stereocenters. The van der Waals surface area contributed by atoms with Crippen LogP contribution in [0.5, 0.6) is 0 Å². The summed E-state index contributed by atoms with van der Waals surface area (Å²) in [5.74, 6) is -2.30. The summed E-state index contributed by atoms with van der Waals surface area (Å²) in [6, 6.07) is 1.64. The van der Waals surface area contributed by atoms with Crippen molar-refractivity contribution in [2.45, 2.75) is 31.3 Å². The van der Waals surface area contributed by atoms with E-state index < -0.39 is 37.8 Å². The van der Waals surface area contributed by atoms with E-state index in [2.05, 4.69) is 4.72 Å². The zero-order valence-corrected chi connectivity index (χ0v) is 12.4. The highest BCUT2D eigenvalue weighted by molar-refractivity contribution is 7.89. The molecular weight excluding hydrogens is 290 g/mol. The lowest BCUT2D eigenvalue weighted by Gasteiger charge is -2.24. The number of rotatable bonds is 6. The number of nitrogens with one attached hydrogen (secondary N) is 1. The lowest BCUT2D eigenvalue weighted by atomic mass is 10.1. The molecule has 8 heteroatoms. The largest absolute Gasteiger partial charge is 0.394 e. The molecule has 0 atom stereocenters. The van der Waals surface area contributed by atoms with Crippen molar-refractivity contribution in [2.24, 2.45) is 0 Å². The average molecular weight is 308 g/mol. The molecule has 5 nitrogen and oxygen atoms in total. The van der Waals surface area contributed by atoms with Gasteiger partial charge in [0.05, 0.1) is 5.60 Å². The van der Waals surface area contributed by atoms with Crippen molar-refractivity contribution >= 4 is 15.7 Å². The van der Waals surface area contributed by atoms with Crippen molar-refractivity contribution in [3.8, 4) is 0 Å². The van der Waals surface area contributed by atoms with Crippen LogP contribution in [0.1, 0.15) is 20.8 Å². The van der Waals surface area contributed by atoms with Gasteiger partial charge in [-0.15, -0.1) is 0 Å². The number of sulfonamides is 1.